The van der Waals surface area contributed by atoms with Gasteiger partial charge in [-0.15, -0.1) is 0 Å². The van der Waals surface area contributed by atoms with Crippen molar-refractivity contribution < 1.29 is 8.83 Å². The molecule has 0 fully saturated rings. The Kier molecular flexibility index (Phi) is 6.05. The number of hydrogen-bond acceptors (Lipinski definition) is 4. The molecule has 0 radical (unpaired) electrons. The summed E-state index contributed by atoms with van der Waals surface area (Å²) < 4.78 is 12.9. The molecule has 1 heterocycles. The van der Waals surface area contributed by atoms with Crippen LogP contribution in [0, 0.1) is 0 Å². The van der Waals surface area contributed by atoms with Gasteiger partial charge in [0.15, 0.2) is 0 Å². The molecule has 4 heteroatoms. The normalized spacial score (nSPS) is 11.4. The molecule has 208 valence electrons. The summed E-state index contributed by atoms with van der Waals surface area (Å²) in [7, 11) is 0. The summed E-state index contributed by atoms with van der Waals surface area (Å²) >= 11 is 0. The molecular formula is C40H24O4. The fraction of sp³-hybridized carbons (Fsp3) is 0. The molecule has 0 amide bonds. The van der Waals surface area contributed by atoms with Crippen molar-refractivity contribution in [3.8, 4) is 22.3 Å². The van der Waals surface area contributed by atoms with Crippen LogP contribution in [0.4, 0.5) is 0 Å². The summed E-state index contributed by atoms with van der Waals surface area (Å²) in [6.45, 7) is 0. The third-order valence-corrected chi connectivity index (χ3v) is 8.18. The van der Waals surface area contributed by atoms with Crippen LogP contribution in [-0.4, -0.2) is 0 Å². The van der Waals surface area contributed by atoms with Gasteiger partial charge >= 0.3 is 11.3 Å². The number of benzene rings is 7. The summed E-state index contributed by atoms with van der Waals surface area (Å²) in [6, 6.07) is 46.7. The van der Waals surface area contributed by atoms with E-state index in [9.17, 15) is 9.59 Å². The third kappa shape index (κ3) is 4.16. The SMILES string of the molecule is O=c1oc2c3ccccc3cc(-c3ccccc3)c2c2c(-c3ccccc3)cc3ccccc3c2oc(=O)c2ccccc12. The minimum atomic E-state index is -0.625. The van der Waals surface area contributed by atoms with Gasteiger partial charge in [0.05, 0.1) is 10.8 Å². The summed E-state index contributed by atoms with van der Waals surface area (Å²) in [5.74, 6) is 0. The number of fused-ring (bicyclic) bond motifs is 8. The maximum Gasteiger partial charge on any atom is 0.344 e. The van der Waals surface area contributed by atoms with Crippen molar-refractivity contribution in [1.29, 1.82) is 0 Å². The average molecular weight is 569 g/mol. The van der Waals surface area contributed by atoms with E-state index in [4.69, 9.17) is 8.83 Å². The molecule has 0 aliphatic rings. The van der Waals surface area contributed by atoms with E-state index in [0.717, 1.165) is 43.8 Å². The smallest absolute Gasteiger partial charge is 0.344 e. The van der Waals surface area contributed by atoms with Crippen LogP contribution < -0.4 is 11.3 Å². The van der Waals surface area contributed by atoms with E-state index in [-0.39, 0.29) is 10.8 Å². The van der Waals surface area contributed by atoms with Crippen LogP contribution in [0.15, 0.2) is 164 Å². The summed E-state index contributed by atoms with van der Waals surface area (Å²) in [4.78, 5) is 27.9. The van der Waals surface area contributed by atoms with Crippen LogP contribution in [0.2, 0.25) is 0 Å². The Hall–Kier alpha value is -6.00. The molecule has 4 nitrogen and oxygen atoms in total. The maximum atomic E-state index is 14.0. The molecule has 1 aromatic heterocycles. The van der Waals surface area contributed by atoms with Gasteiger partial charge in [-0.25, -0.2) is 9.59 Å². The van der Waals surface area contributed by atoms with Crippen LogP contribution in [0.3, 0.4) is 0 Å². The van der Waals surface area contributed by atoms with Crippen molar-refractivity contribution in [3.05, 3.63) is 166 Å². The quantitative estimate of drug-likeness (QED) is 0.208. The topological polar surface area (TPSA) is 60.4 Å². The zero-order chi connectivity index (χ0) is 29.6. The zero-order valence-corrected chi connectivity index (χ0v) is 23.5. The monoisotopic (exact) mass is 568 g/mol. The molecule has 0 aliphatic carbocycles. The Balaban J connectivity index is 1.83. The molecule has 0 N–H and O–H groups in total. The third-order valence-electron chi connectivity index (χ3n) is 8.18. The first-order valence-corrected chi connectivity index (χ1v) is 14.4. The van der Waals surface area contributed by atoms with Crippen LogP contribution >= 0.6 is 0 Å². The maximum absolute atomic E-state index is 14.0. The minimum Gasteiger partial charge on any atom is -0.422 e. The van der Waals surface area contributed by atoms with Gasteiger partial charge in [0.1, 0.15) is 11.2 Å². The lowest BCUT2D eigenvalue weighted by Gasteiger charge is -2.15. The number of hydrogen-bond donors (Lipinski definition) is 0. The van der Waals surface area contributed by atoms with Crippen LogP contribution in [0.25, 0.3) is 76.5 Å². The Bertz CT molecular complexity index is 2400. The molecule has 0 bridgehead atoms. The van der Waals surface area contributed by atoms with Crippen molar-refractivity contribution in [1.82, 2.24) is 0 Å². The van der Waals surface area contributed by atoms with Crippen molar-refractivity contribution in [2.24, 2.45) is 0 Å². The van der Waals surface area contributed by atoms with E-state index in [2.05, 4.69) is 12.1 Å². The second kappa shape index (κ2) is 10.4. The van der Waals surface area contributed by atoms with Crippen LogP contribution in [0.5, 0.6) is 0 Å². The van der Waals surface area contributed by atoms with Gasteiger partial charge in [-0.2, -0.15) is 0 Å². The standard InChI is InChI=1S/C40H24O4/c41-39-31-21-11-12-22-32(31)40(42)44-38-30-20-10-8-18-28(30)24-34(26-15-5-2-6-16-26)36(38)35-33(25-13-3-1-4-14-25)23-27-17-7-9-19-29(27)37(35)43-39/h1-24H. The zero-order valence-electron chi connectivity index (χ0n) is 23.5. The van der Waals surface area contributed by atoms with Crippen molar-refractivity contribution in [2.75, 3.05) is 0 Å². The van der Waals surface area contributed by atoms with Gasteiger partial charge < -0.3 is 8.83 Å². The minimum absolute atomic E-state index is 0.143. The summed E-state index contributed by atoms with van der Waals surface area (Å²) in [5.41, 5.74) is 3.15. The van der Waals surface area contributed by atoms with Gasteiger partial charge in [-0.3, -0.25) is 0 Å². The highest BCUT2D eigenvalue weighted by molar-refractivity contribution is 6.26. The van der Waals surface area contributed by atoms with Gasteiger partial charge in [0, 0.05) is 21.5 Å². The first-order valence-electron chi connectivity index (χ1n) is 14.4. The summed E-state index contributed by atoms with van der Waals surface area (Å²) in [5, 5.41) is 5.03. The second-order valence-electron chi connectivity index (χ2n) is 10.8. The largest absolute Gasteiger partial charge is 0.422 e. The molecule has 8 aromatic rings. The Morgan fingerprint density at radius 3 is 1.11 bits per heavy atom. The Labute approximate surface area is 251 Å². The lowest BCUT2D eigenvalue weighted by atomic mass is 9.90. The molecule has 0 aliphatic heterocycles. The van der Waals surface area contributed by atoms with Crippen LogP contribution in [0.1, 0.15) is 0 Å². The van der Waals surface area contributed by atoms with Gasteiger partial charge in [0.25, 0.3) is 0 Å². The Morgan fingerprint density at radius 1 is 0.364 bits per heavy atom. The van der Waals surface area contributed by atoms with Crippen LogP contribution in [-0.2, 0) is 0 Å². The fourth-order valence-corrected chi connectivity index (χ4v) is 6.16. The molecule has 7 aromatic carbocycles. The predicted octanol–water partition coefficient (Wildman–Crippen LogP) is 9.82. The molecule has 0 saturated heterocycles. The lowest BCUT2D eigenvalue weighted by molar-refractivity contribution is 0.567. The van der Waals surface area contributed by atoms with E-state index in [1.807, 2.05) is 109 Å². The van der Waals surface area contributed by atoms with Gasteiger partial charge in [0.2, 0.25) is 0 Å². The van der Waals surface area contributed by atoms with Gasteiger partial charge in [-0.1, -0.05) is 121 Å². The molecule has 0 unspecified atom stereocenters. The lowest BCUT2D eigenvalue weighted by Crippen LogP contribution is -2.04. The molecule has 0 spiro atoms. The van der Waals surface area contributed by atoms with Crippen molar-refractivity contribution in [2.45, 2.75) is 0 Å². The molecular weight excluding hydrogens is 544 g/mol. The highest BCUT2D eigenvalue weighted by Crippen LogP contribution is 2.43. The molecule has 0 atom stereocenters. The van der Waals surface area contributed by atoms with E-state index in [1.54, 1.807) is 24.3 Å². The molecule has 0 saturated carbocycles. The van der Waals surface area contributed by atoms with Crippen molar-refractivity contribution >= 4 is 54.3 Å². The first-order chi connectivity index (χ1) is 21.7. The predicted molar refractivity (Wildman–Crippen MR) is 180 cm³/mol. The van der Waals surface area contributed by atoms with E-state index in [0.29, 0.717) is 21.9 Å². The highest BCUT2D eigenvalue weighted by atomic mass is 16.4. The molecule has 44 heavy (non-hydrogen) atoms. The van der Waals surface area contributed by atoms with E-state index in [1.165, 1.54) is 0 Å². The van der Waals surface area contributed by atoms with Crippen molar-refractivity contribution in [3.63, 3.8) is 0 Å². The van der Waals surface area contributed by atoms with E-state index >= 15 is 0 Å². The van der Waals surface area contributed by atoms with Gasteiger partial charge in [-0.05, 0) is 57.3 Å². The molecule has 8 rings (SSSR count). The second-order valence-corrected chi connectivity index (χ2v) is 10.8. The summed E-state index contributed by atoms with van der Waals surface area (Å²) in [6.07, 6.45) is 0. The van der Waals surface area contributed by atoms with E-state index < -0.39 is 11.3 Å². The Morgan fingerprint density at radius 2 is 0.705 bits per heavy atom. The average Bonchev–Trinajstić information content (AvgIpc) is 3.08. The fourth-order valence-electron chi connectivity index (χ4n) is 6.16. The number of rotatable bonds is 2. The first kappa shape index (κ1) is 25.7. The highest BCUT2D eigenvalue weighted by Gasteiger charge is 2.19.